The van der Waals surface area contributed by atoms with E-state index >= 15 is 0 Å². The molecule has 7 nitrogen and oxygen atoms in total. The highest BCUT2D eigenvalue weighted by molar-refractivity contribution is 7.09. The number of nitrogens with zero attached hydrogens (tertiary/aromatic N) is 4. The molecule has 0 radical (unpaired) electrons. The molecule has 0 unspecified atom stereocenters. The minimum absolute atomic E-state index is 0.0161. The molecule has 1 fully saturated rings. The number of carbonyl (C=O) groups is 2. The Hall–Kier alpha value is -1.51. The summed E-state index contributed by atoms with van der Waals surface area (Å²) in [5.74, 6) is -0.309. The molecule has 1 aliphatic rings. The van der Waals surface area contributed by atoms with Crippen molar-refractivity contribution in [2.75, 3.05) is 46.8 Å². The molecule has 0 spiro atoms. The number of aromatic nitrogens is 1. The number of piperidine rings is 1. The number of rotatable bonds is 8. The Kier molecular flexibility index (Phi) is 8.60. The van der Waals surface area contributed by atoms with Crippen LogP contribution in [0.3, 0.4) is 0 Å². The lowest BCUT2D eigenvalue weighted by Crippen LogP contribution is -2.47. The van der Waals surface area contributed by atoms with E-state index in [1.807, 2.05) is 46.7 Å². The van der Waals surface area contributed by atoms with Crippen LogP contribution in [0.5, 0.6) is 0 Å². The first kappa shape index (κ1) is 23.8. The lowest BCUT2D eigenvalue weighted by Gasteiger charge is -2.34. The fourth-order valence-corrected chi connectivity index (χ4v) is 4.03. The predicted octanol–water partition coefficient (Wildman–Crippen LogP) is 2.40. The number of likely N-dealkylation sites (tertiary alicyclic amines) is 1. The number of hydrogen-bond donors (Lipinski definition) is 0. The SMILES string of the molecule is Cc1nc(CN2CCC(C(=O)N(CCN(C)C)CC(=O)OC(C)(C)C)CC2)cs1. The van der Waals surface area contributed by atoms with E-state index in [1.165, 1.54) is 0 Å². The number of ether oxygens (including phenoxy) is 1. The van der Waals surface area contributed by atoms with Crippen LogP contribution >= 0.6 is 11.3 Å². The van der Waals surface area contributed by atoms with Crippen molar-refractivity contribution >= 4 is 23.2 Å². The number of aryl methyl sites for hydroxylation is 1. The van der Waals surface area contributed by atoms with Gasteiger partial charge in [-0.1, -0.05) is 0 Å². The highest BCUT2D eigenvalue weighted by Crippen LogP contribution is 2.22. The van der Waals surface area contributed by atoms with Crippen molar-refractivity contribution in [1.29, 1.82) is 0 Å². The third-order valence-electron chi connectivity index (χ3n) is 4.86. The summed E-state index contributed by atoms with van der Waals surface area (Å²) in [6.45, 7) is 11.4. The average molecular weight is 425 g/mol. The van der Waals surface area contributed by atoms with E-state index in [0.29, 0.717) is 6.54 Å². The lowest BCUT2D eigenvalue weighted by atomic mass is 9.95. The first-order valence-corrected chi connectivity index (χ1v) is 11.2. The fraction of sp³-hybridized carbons (Fsp3) is 0.762. The molecule has 0 bridgehead atoms. The van der Waals surface area contributed by atoms with Gasteiger partial charge in [0.15, 0.2) is 0 Å². The van der Waals surface area contributed by atoms with Gasteiger partial charge in [0.2, 0.25) is 5.91 Å². The van der Waals surface area contributed by atoms with Crippen molar-refractivity contribution in [3.05, 3.63) is 16.1 Å². The molecule has 1 aromatic heterocycles. The summed E-state index contributed by atoms with van der Waals surface area (Å²) in [5, 5.41) is 3.19. The number of likely N-dealkylation sites (N-methyl/N-ethyl adjacent to an activating group) is 1. The van der Waals surface area contributed by atoms with Gasteiger partial charge >= 0.3 is 5.97 Å². The van der Waals surface area contributed by atoms with Gasteiger partial charge < -0.3 is 14.5 Å². The van der Waals surface area contributed by atoms with E-state index in [-0.39, 0.29) is 24.3 Å². The first-order valence-electron chi connectivity index (χ1n) is 10.3. The third-order valence-corrected chi connectivity index (χ3v) is 5.68. The van der Waals surface area contributed by atoms with Gasteiger partial charge in [-0.2, -0.15) is 0 Å². The first-order chi connectivity index (χ1) is 13.5. The molecule has 164 valence electrons. The van der Waals surface area contributed by atoms with E-state index in [2.05, 4.69) is 15.3 Å². The molecule has 0 aromatic carbocycles. The second kappa shape index (κ2) is 10.5. The van der Waals surface area contributed by atoms with Crippen LogP contribution in [0.2, 0.25) is 0 Å². The van der Waals surface area contributed by atoms with Crippen LogP contribution in [0.1, 0.15) is 44.3 Å². The molecule has 0 aliphatic carbocycles. The van der Waals surface area contributed by atoms with E-state index in [4.69, 9.17) is 4.74 Å². The van der Waals surface area contributed by atoms with Crippen molar-refractivity contribution in [2.24, 2.45) is 5.92 Å². The monoisotopic (exact) mass is 424 g/mol. The van der Waals surface area contributed by atoms with Gasteiger partial charge in [0.1, 0.15) is 12.1 Å². The van der Waals surface area contributed by atoms with Gasteiger partial charge in [-0.05, 0) is 67.7 Å². The summed E-state index contributed by atoms with van der Waals surface area (Å²) < 4.78 is 5.44. The van der Waals surface area contributed by atoms with Crippen LogP contribution in [0.15, 0.2) is 5.38 Å². The molecule has 29 heavy (non-hydrogen) atoms. The minimum atomic E-state index is -0.549. The molecule has 0 atom stereocenters. The number of amides is 1. The highest BCUT2D eigenvalue weighted by Gasteiger charge is 2.30. The van der Waals surface area contributed by atoms with Crippen molar-refractivity contribution < 1.29 is 14.3 Å². The predicted molar refractivity (Wildman–Crippen MR) is 116 cm³/mol. The number of carbonyl (C=O) groups excluding carboxylic acids is 2. The number of hydrogen-bond acceptors (Lipinski definition) is 7. The van der Waals surface area contributed by atoms with Gasteiger partial charge in [-0.3, -0.25) is 14.5 Å². The largest absolute Gasteiger partial charge is 0.459 e. The van der Waals surface area contributed by atoms with Crippen molar-refractivity contribution in [1.82, 2.24) is 19.7 Å². The molecule has 1 aliphatic heterocycles. The smallest absolute Gasteiger partial charge is 0.326 e. The molecule has 1 aromatic rings. The van der Waals surface area contributed by atoms with Gasteiger partial charge in [0.25, 0.3) is 0 Å². The van der Waals surface area contributed by atoms with Crippen LogP contribution < -0.4 is 0 Å². The number of thiazole rings is 1. The Balaban J connectivity index is 1.91. The zero-order valence-electron chi connectivity index (χ0n) is 18.7. The third kappa shape index (κ3) is 8.40. The zero-order chi connectivity index (χ0) is 21.6. The molecule has 0 saturated carbocycles. The highest BCUT2D eigenvalue weighted by atomic mass is 32.1. The van der Waals surface area contributed by atoms with Crippen LogP contribution in [-0.4, -0.2) is 84.0 Å². The summed E-state index contributed by atoms with van der Waals surface area (Å²) >= 11 is 1.67. The standard InChI is InChI=1S/C21H36N4O3S/c1-16-22-18(15-29-16)13-24-9-7-17(8-10-24)20(27)25(12-11-23(5)6)14-19(26)28-21(2,3)4/h15,17H,7-14H2,1-6H3. The van der Waals surface area contributed by atoms with Crippen molar-refractivity contribution in [2.45, 2.75) is 52.7 Å². The molecular formula is C21H36N4O3S. The molecule has 8 heteroatoms. The van der Waals surface area contributed by atoms with Gasteiger partial charge in [-0.25, -0.2) is 4.98 Å². The van der Waals surface area contributed by atoms with E-state index < -0.39 is 5.60 Å². The lowest BCUT2D eigenvalue weighted by molar-refractivity contribution is -0.160. The minimum Gasteiger partial charge on any atom is -0.459 e. The maximum absolute atomic E-state index is 13.2. The number of esters is 1. The fourth-order valence-electron chi connectivity index (χ4n) is 3.42. The molecular weight excluding hydrogens is 388 g/mol. The zero-order valence-corrected chi connectivity index (χ0v) is 19.5. The molecule has 1 amide bonds. The quantitative estimate of drug-likeness (QED) is 0.597. The van der Waals surface area contributed by atoms with E-state index in [9.17, 15) is 9.59 Å². The molecule has 2 heterocycles. The summed E-state index contributed by atoms with van der Waals surface area (Å²) in [4.78, 5) is 36.1. The molecule has 0 N–H and O–H groups in total. The Labute approximate surface area is 179 Å². The maximum Gasteiger partial charge on any atom is 0.326 e. The second-order valence-corrected chi connectivity index (χ2v) is 10.1. The van der Waals surface area contributed by atoms with Crippen LogP contribution in [0.25, 0.3) is 0 Å². The Morgan fingerprint density at radius 1 is 1.24 bits per heavy atom. The average Bonchev–Trinajstić information content (AvgIpc) is 3.01. The maximum atomic E-state index is 13.2. The van der Waals surface area contributed by atoms with Gasteiger partial charge in [0, 0.05) is 30.9 Å². The summed E-state index contributed by atoms with van der Waals surface area (Å²) in [6, 6.07) is 0. The van der Waals surface area contributed by atoms with Gasteiger partial charge in [-0.15, -0.1) is 11.3 Å². The van der Waals surface area contributed by atoms with Crippen LogP contribution in [0, 0.1) is 12.8 Å². The Bertz CT molecular complexity index is 676. The topological polar surface area (TPSA) is 66.0 Å². The summed E-state index contributed by atoms with van der Waals surface area (Å²) in [6.07, 6.45) is 1.63. The van der Waals surface area contributed by atoms with E-state index in [1.54, 1.807) is 16.2 Å². The Morgan fingerprint density at radius 2 is 1.90 bits per heavy atom. The molecule has 2 rings (SSSR count). The normalized spacial score (nSPS) is 16.2. The summed E-state index contributed by atoms with van der Waals surface area (Å²) in [5.41, 5.74) is 0.557. The van der Waals surface area contributed by atoms with E-state index in [0.717, 1.165) is 49.7 Å². The van der Waals surface area contributed by atoms with Crippen molar-refractivity contribution in [3.8, 4) is 0 Å². The van der Waals surface area contributed by atoms with Gasteiger partial charge in [0.05, 0.1) is 10.7 Å². The van der Waals surface area contributed by atoms with Crippen molar-refractivity contribution in [3.63, 3.8) is 0 Å². The van der Waals surface area contributed by atoms with Crippen LogP contribution in [0.4, 0.5) is 0 Å². The van der Waals surface area contributed by atoms with Crippen LogP contribution in [-0.2, 0) is 20.9 Å². The summed E-state index contributed by atoms with van der Waals surface area (Å²) in [7, 11) is 3.93. The Morgan fingerprint density at radius 3 is 2.41 bits per heavy atom. The molecule has 1 saturated heterocycles. The second-order valence-electron chi connectivity index (χ2n) is 9.06.